The molecule has 0 radical (unpaired) electrons. The number of nitrogens with zero attached hydrogens (tertiary/aromatic N) is 4. The maximum Gasteiger partial charge on any atom is 0.106 e. The molecule has 98 valence electrons. The monoisotopic (exact) mass is 247 g/mol. The average Bonchev–Trinajstić information content (AvgIpc) is 2.92. The Kier molecular flexibility index (Phi) is 3.81. The van der Waals surface area contributed by atoms with E-state index in [4.69, 9.17) is 0 Å². The van der Waals surface area contributed by atoms with Crippen molar-refractivity contribution in [1.29, 1.82) is 0 Å². The first-order chi connectivity index (χ1) is 8.61. The predicted octanol–water partition coefficient (Wildman–Crippen LogP) is 1.84. The number of hydrogen-bond donors (Lipinski definition) is 1. The van der Waals surface area contributed by atoms with E-state index in [-0.39, 0.29) is 0 Å². The second kappa shape index (κ2) is 5.35. The van der Waals surface area contributed by atoms with E-state index < -0.39 is 0 Å². The minimum Gasteiger partial charge on any atom is -0.311 e. The first-order valence-corrected chi connectivity index (χ1v) is 6.41. The Morgan fingerprint density at radius 3 is 2.78 bits per heavy atom. The molecule has 18 heavy (non-hydrogen) atoms. The third-order valence-electron chi connectivity index (χ3n) is 2.83. The van der Waals surface area contributed by atoms with Gasteiger partial charge in [0.1, 0.15) is 5.69 Å². The minimum absolute atomic E-state index is 0.391. The summed E-state index contributed by atoms with van der Waals surface area (Å²) in [7, 11) is 1.94. The highest BCUT2D eigenvalue weighted by Crippen LogP contribution is 2.20. The van der Waals surface area contributed by atoms with Gasteiger partial charge in [-0.1, -0.05) is 20.8 Å². The molecule has 0 saturated carbocycles. The molecule has 0 fully saturated rings. The topological polar surface area (TPSA) is 47.7 Å². The first-order valence-electron chi connectivity index (χ1n) is 6.41. The summed E-state index contributed by atoms with van der Waals surface area (Å²) in [6.45, 7) is 8.15. The smallest absolute Gasteiger partial charge is 0.106 e. The Bertz CT molecular complexity index is 509. The highest BCUT2D eigenvalue weighted by Gasteiger charge is 2.13. The van der Waals surface area contributed by atoms with Gasteiger partial charge in [-0.05, 0) is 18.5 Å². The zero-order valence-electron chi connectivity index (χ0n) is 11.5. The van der Waals surface area contributed by atoms with Gasteiger partial charge in [0.05, 0.1) is 17.6 Å². The van der Waals surface area contributed by atoms with E-state index in [1.165, 1.54) is 0 Å². The molecular formula is C13H21N5. The number of aromatic nitrogens is 4. The van der Waals surface area contributed by atoms with Crippen molar-refractivity contribution >= 4 is 0 Å². The van der Waals surface area contributed by atoms with Gasteiger partial charge in [-0.2, -0.15) is 10.2 Å². The van der Waals surface area contributed by atoms with Gasteiger partial charge in [-0.3, -0.25) is 4.68 Å². The lowest BCUT2D eigenvalue weighted by Gasteiger charge is -2.04. The molecule has 0 aliphatic carbocycles. The number of hydrogen-bond acceptors (Lipinski definition) is 3. The molecule has 2 heterocycles. The maximum absolute atomic E-state index is 4.58. The SMILES string of the molecule is CCNCc1ccn(-c2cn(C)nc2C(C)C)n1. The lowest BCUT2D eigenvalue weighted by molar-refractivity contribution is 0.692. The van der Waals surface area contributed by atoms with Crippen LogP contribution in [0.25, 0.3) is 5.69 Å². The molecule has 0 unspecified atom stereocenters. The van der Waals surface area contributed by atoms with Crippen LogP contribution in [0.15, 0.2) is 18.5 Å². The highest BCUT2D eigenvalue weighted by molar-refractivity contribution is 5.36. The van der Waals surface area contributed by atoms with Gasteiger partial charge >= 0.3 is 0 Å². The van der Waals surface area contributed by atoms with Gasteiger partial charge in [0.15, 0.2) is 0 Å². The second-order valence-corrected chi connectivity index (χ2v) is 4.76. The van der Waals surface area contributed by atoms with Crippen molar-refractivity contribution in [3.63, 3.8) is 0 Å². The highest BCUT2D eigenvalue weighted by atomic mass is 15.3. The first kappa shape index (κ1) is 12.8. The van der Waals surface area contributed by atoms with E-state index in [9.17, 15) is 0 Å². The van der Waals surface area contributed by atoms with Crippen molar-refractivity contribution in [2.24, 2.45) is 7.05 Å². The molecule has 5 nitrogen and oxygen atoms in total. The van der Waals surface area contributed by atoms with Gasteiger partial charge in [-0.25, -0.2) is 4.68 Å². The molecule has 1 N–H and O–H groups in total. The standard InChI is InChI=1S/C13H21N5/c1-5-14-8-11-6-7-18(15-11)12-9-17(4)16-13(12)10(2)3/h6-7,9-10,14H,5,8H2,1-4H3. The van der Waals surface area contributed by atoms with Gasteiger partial charge < -0.3 is 5.32 Å². The molecule has 0 amide bonds. The third kappa shape index (κ3) is 2.61. The summed E-state index contributed by atoms with van der Waals surface area (Å²) in [5, 5.41) is 12.3. The van der Waals surface area contributed by atoms with Crippen LogP contribution in [0.2, 0.25) is 0 Å². The van der Waals surface area contributed by atoms with Crippen molar-refractivity contribution in [2.75, 3.05) is 6.54 Å². The molecule has 0 aliphatic heterocycles. The molecule has 2 rings (SSSR count). The van der Waals surface area contributed by atoms with Crippen LogP contribution < -0.4 is 5.32 Å². The number of rotatable bonds is 5. The Hall–Kier alpha value is -1.62. The van der Waals surface area contributed by atoms with Crippen LogP contribution in [-0.4, -0.2) is 26.1 Å². The summed E-state index contributed by atoms with van der Waals surface area (Å²) in [5.41, 5.74) is 3.20. The summed E-state index contributed by atoms with van der Waals surface area (Å²) in [6, 6.07) is 2.04. The van der Waals surface area contributed by atoms with Crippen LogP contribution in [0.5, 0.6) is 0 Å². The summed E-state index contributed by atoms with van der Waals surface area (Å²) >= 11 is 0. The van der Waals surface area contributed by atoms with E-state index in [2.05, 4.69) is 36.3 Å². The molecule has 0 saturated heterocycles. The van der Waals surface area contributed by atoms with Crippen molar-refractivity contribution in [1.82, 2.24) is 24.9 Å². The third-order valence-corrected chi connectivity index (χ3v) is 2.83. The van der Waals surface area contributed by atoms with Gasteiger partial charge in [0.25, 0.3) is 0 Å². The molecular weight excluding hydrogens is 226 g/mol. The van der Waals surface area contributed by atoms with Crippen LogP contribution in [0, 0.1) is 0 Å². The Morgan fingerprint density at radius 1 is 1.33 bits per heavy atom. The van der Waals surface area contributed by atoms with Crippen molar-refractivity contribution < 1.29 is 0 Å². The molecule has 2 aromatic rings. The van der Waals surface area contributed by atoms with Gasteiger partial charge in [0.2, 0.25) is 0 Å². The van der Waals surface area contributed by atoms with Crippen LogP contribution in [0.4, 0.5) is 0 Å². The molecule has 0 atom stereocenters. The van der Waals surface area contributed by atoms with Gasteiger partial charge in [-0.15, -0.1) is 0 Å². The lowest BCUT2D eigenvalue weighted by atomic mass is 10.1. The van der Waals surface area contributed by atoms with Crippen molar-refractivity contribution in [3.8, 4) is 5.69 Å². The lowest BCUT2D eigenvalue weighted by Crippen LogP contribution is -2.12. The van der Waals surface area contributed by atoms with E-state index in [0.29, 0.717) is 5.92 Å². The van der Waals surface area contributed by atoms with E-state index in [1.54, 1.807) is 0 Å². The summed E-state index contributed by atoms with van der Waals surface area (Å²) in [5.74, 6) is 0.391. The molecule has 0 aromatic carbocycles. The fourth-order valence-electron chi connectivity index (χ4n) is 1.92. The Balaban J connectivity index is 2.28. The van der Waals surface area contributed by atoms with Crippen LogP contribution in [-0.2, 0) is 13.6 Å². The molecule has 0 spiro atoms. The van der Waals surface area contributed by atoms with Gasteiger partial charge in [0, 0.05) is 19.8 Å². The zero-order chi connectivity index (χ0) is 13.1. The summed E-state index contributed by atoms with van der Waals surface area (Å²) < 4.78 is 3.76. The zero-order valence-corrected chi connectivity index (χ0v) is 11.5. The van der Waals surface area contributed by atoms with E-state index in [1.807, 2.05) is 34.9 Å². The number of aryl methyl sites for hydroxylation is 1. The van der Waals surface area contributed by atoms with Crippen LogP contribution in [0.3, 0.4) is 0 Å². The van der Waals surface area contributed by atoms with E-state index in [0.717, 1.165) is 30.2 Å². The van der Waals surface area contributed by atoms with Crippen molar-refractivity contribution in [2.45, 2.75) is 33.2 Å². The molecule has 0 aliphatic rings. The average molecular weight is 247 g/mol. The predicted molar refractivity (Wildman–Crippen MR) is 71.8 cm³/mol. The Morgan fingerprint density at radius 2 is 2.11 bits per heavy atom. The molecule has 5 heteroatoms. The quantitative estimate of drug-likeness (QED) is 0.877. The summed E-state index contributed by atoms with van der Waals surface area (Å²) in [6.07, 6.45) is 4.01. The molecule has 0 bridgehead atoms. The number of nitrogens with one attached hydrogen (secondary N) is 1. The minimum atomic E-state index is 0.391. The molecule has 2 aromatic heterocycles. The maximum atomic E-state index is 4.58. The Labute approximate surface area is 108 Å². The van der Waals surface area contributed by atoms with Crippen molar-refractivity contribution in [3.05, 3.63) is 29.8 Å². The normalized spacial score (nSPS) is 11.4. The fraction of sp³-hybridized carbons (Fsp3) is 0.538. The van der Waals surface area contributed by atoms with Crippen LogP contribution in [0.1, 0.15) is 38.1 Å². The fourth-order valence-corrected chi connectivity index (χ4v) is 1.92. The summed E-state index contributed by atoms with van der Waals surface area (Å²) in [4.78, 5) is 0. The largest absolute Gasteiger partial charge is 0.311 e. The van der Waals surface area contributed by atoms with Crippen LogP contribution >= 0.6 is 0 Å². The second-order valence-electron chi connectivity index (χ2n) is 4.76. The van der Waals surface area contributed by atoms with E-state index >= 15 is 0 Å².